The van der Waals surface area contributed by atoms with Crippen LogP contribution < -0.4 is 5.73 Å². The van der Waals surface area contributed by atoms with Gasteiger partial charge in [-0.25, -0.2) is 14.3 Å². The van der Waals surface area contributed by atoms with Crippen LogP contribution in [-0.4, -0.2) is 22.3 Å². The largest absolute Gasteiger partial charge is 0.449 e. The van der Waals surface area contributed by atoms with Crippen LogP contribution in [0.1, 0.15) is 31.2 Å². The molecule has 0 aliphatic rings. The van der Waals surface area contributed by atoms with Crippen LogP contribution in [0.15, 0.2) is 12.1 Å². The molecular weight excluding hydrogens is 242 g/mol. The van der Waals surface area contributed by atoms with Crippen LogP contribution in [0.4, 0.5) is 10.5 Å². The Morgan fingerprint density at radius 2 is 2.16 bits per heavy atom. The molecule has 2 aromatic rings. The molecule has 2 N–H and O–H groups in total. The highest BCUT2D eigenvalue weighted by molar-refractivity contribution is 5.91. The molecule has 1 aromatic heterocycles. The van der Waals surface area contributed by atoms with Crippen LogP contribution in [0, 0.1) is 13.8 Å². The van der Waals surface area contributed by atoms with E-state index in [0.29, 0.717) is 18.1 Å². The predicted octanol–water partition coefficient (Wildman–Crippen LogP) is 3.02. The number of rotatable bonds is 3. The van der Waals surface area contributed by atoms with Crippen LogP contribution >= 0.6 is 0 Å². The predicted molar refractivity (Wildman–Crippen MR) is 75.3 cm³/mol. The van der Waals surface area contributed by atoms with Crippen molar-refractivity contribution < 1.29 is 9.53 Å². The fraction of sp³-hybridized carbons (Fsp3) is 0.429. The first-order valence-electron chi connectivity index (χ1n) is 6.47. The Bertz CT molecular complexity index is 617. The van der Waals surface area contributed by atoms with Gasteiger partial charge in [0.05, 0.1) is 17.6 Å². The summed E-state index contributed by atoms with van der Waals surface area (Å²) in [5.74, 6) is 0.616. The molecule has 0 atom stereocenters. The molecule has 5 nitrogen and oxygen atoms in total. The third-order valence-electron chi connectivity index (χ3n) is 3.20. The summed E-state index contributed by atoms with van der Waals surface area (Å²) >= 11 is 0. The molecule has 2 rings (SSSR count). The second-order valence-electron chi connectivity index (χ2n) is 4.61. The number of nitrogens with two attached hydrogens (primary N) is 1. The maximum Gasteiger partial charge on any atom is 0.419 e. The molecule has 0 fully saturated rings. The fourth-order valence-corrected chi connectivity index (χ4v) is 2.01. The highest BCUT2D eigenvalue weighted by atomic mass is 16.5. The van der Waals surface area contributed by atoms with E-state index in [1.54, 1.807) is 19.1 Å². The first-order valence-corrected chi connectivity index (χ1v) is 6.47. The van der Waals surface area contributed by atoms with E-state index < -0.39 is 0 Å². The van der Waals surface area contributed by atoms with Crippen LogP contribution in [0.2, 0.25) is 0 Å². The number of hydrogen-bond acceptors (Lipinski definition) is 4. The number of ether oxygens (including phenoxy) is 1. The van der Waals surface area contributed by atoms with Gasteiger partial charge in [0.15, 0.2) is 0 Å². The number of nitrogens with zero attached hydrogens (tertiary/aromatic N) is 2. The minimum absolute atomic E-state index is 0.377. The van der Waals surface area contributed by atoms with Gasteiger partial charge in [-0.15, -0.1) is 0 Å². The first-order chi connectivity index (χ1) is 9.06. The number of carbonyl (C=O) groups is 1. The fourth-order valence-electron chi connectivity index (χ4n) is 2.01. The molecule has 0 spiro atoms. The van der Waals surface area contributed by atoms with Crippen LogP contribution in [0.25, 0.3) is 11.0 Å². The summed E-state index contributed by atoms with van der Waals surface area (Å²) in [6, 6.07) is 3.59. The highest BCUT2D eigenvalue weighted by Gasteiger charge is 2.17. The summed E-state index contributed by atoms with van der Waals surface area (Å²) in [6.45, 7) is 6.17. The molecule has 0 unspecified atom stereocenters. The molecule has 0 bridgehead atoms. The number of aromatic nitrogens is 2. The molecule has 1 aromatic carbocycles. The molecule has 0 radical (unpaired) electrons. The van der Waals surface area contributed by atoms with Crippen molar-refractivity contribution in [3.8, 4) is 0 Å². The Balaban J connectivity index is 2.41. The number of unbranched alkanes of at least 4 members (excludes halogenated alkanes) is 1. The zero-order valence-corrected chi connectivity index (χ0v) is 11.6. The van der Waals surface area contributed by atoms with Crippen LogP contribution in [-0.2, 0) is 4.74 Å². The summed E-state index contributed by atoms with van der Waals surface area (Å²) in [4.78, 5) is 16.5. The van der Waals surface area contributed by atoms with Gasteiger partial charge in [-0.3, -0.25) is 0 Å². The third kappa shape index (κ3) is 2.41. The minimum Gasteiger partial charge on any atom is -0.449 e. The number of carbonyl (C=O) groups excluding carboxylic acids is 1. The SMILES string of the molecule is CCCCOC(=O)n1c(C)nc2c(C)c(N)ccc21. The number of anilines is 1. The van der Waals surface area contributed by atoms with Crippen LogP contribution in [0.3, 0.4) is 0 Å². The van der Waals surface area contributed by atoms with Crippen molar-refractivity contribution in [1.29, 1.82) is 0 Å². The van der Waals surface area contributed by atoms with Crippen molar-refractivity contribution in [2.24, 2.45) is 0 Å². The lowest BCUT2D eigenvalue weighted by Gasteiger charge is -2.07. The Labute approximate surface area is 112 Å². The summed E-state index contributed by atoms with van der Waals surface area (Å²) in [5.41, 5.74) is 8.92. The van der Waals surface area contributed by atoms with Gasteiger partial charge in [-0.2, -0.15) is 0 Å². The highest BCUT2D eigenvalue weighted by Crippen LogP contribution is 2.24. The average molecular weight is 261 g/mol. The number of benzene rings is 1. The lowest BCUT2D eigenvalue weighted by molar-refractivity contribution is 0.146. The zero-order valence-electron chi connectivity index (χ0n) is 11.6. The van der Waals surface area contributed by atoms with Crippen molar-refractivity contribution in [2.75, 3.05) is 12.3 Å². The number of imidazole rings is 1. The van der Waals surface area contributed by atoms with E-state index in [0.717, 1.165) is 29.4 Å². The maximum atomic E-state index is 12.1. The van der Waals surface area contributed by atoms with Gasteiger partial charge in [0.25, 0.3) is 0 Å². The summed E-state index contributed by atoms with van der Waals surface area (Å²) in [5, 5.41) is 0. The first kappa shape index (κ1) is 13.4. The summed E-state index contributed by atoms with van der Waals surface area (Å²) in [7, 11) is 0. The van der Waals surface area contributed by atoms with E-state index in [9.17, 15) is 4.79 Å². The summed E-state index contributed by atoms with van der Waals surface area (Å²) < 4.78 is 6.74. The zero-order chi connectivity index (χ0) is 14.0. The van der Waals surface area contributed by atoms with Gasteiger partial charge in [0, 0.05) is 5.69 Å². The standard InChI is InChI=1S/C14H19N3O2/c1-4-5-8-19-14(18)17-10(3)16-13-9(2)11(15)6-7-12(13)17/h6-7H,4-5,8,15H2,1-3H3. The molecule has 0 aliphatic heterocycles. The molecule has 102 valence electrons. The molecule has 0 saturated heterocycles. The second-order valence-corrected chi connectivity index (χ2v) is 4.61. The topological polar surface area (TPSA) is 70.1 Å². The number of fused-ring (bicyclic) bond motifs is 1. The lowest BCUT2D eigenvalue weighted by Crippen LogP contribution is -2.15. The Hall–Kier alpha value is -2.04. The molecule has 0 aliphatic carbocycles. The van der Waals surface area contributed by atoms with Gasteiger partial charge in [0.2, 0.25) is 0 Å². The number of nitrogen functional groups attached to an aromatic ring is 1. The third-order valence-corrected chi connectivity index (χ3v) is 3.20. The Morgan fingerprint density at radius 3 is 2.84 bits per heavy atom. The smallest absolute Gasteiger partial charge is 0.419 e. The lowest BCUT2D eigenvalue weighted by atomic mass is 10.1. The van der Waals surface area contributed by atoms with Crippen molar-refractivity contribution in [3.05, 3.63) is 23.5 Å². The monoisotopic (exact) mass is 261 g/mol. The molecule has 19 heavy (non-hydrogen) atoms. The minimum atomic E-state index is -0.377. The van der Waals surface area contributed by atoms with Crippen molar-refractivity contribution in [3.63, 3.8) is 0 Å². The van der Waals surface area contributed by atoms with E-state index >= 15 is 0 Å². The van der Waals surface area contributed by atoms with Gasteiger partial charge in [-0.05, 0) is 38.0 Å². The molecule has 1 heterocycles. The maximum absolute atomic E-state index is 12.1. The summed E-state index contributed by atoms with van der Waals surface area (Å²) in [6.07, 6.45) is 1.48. The molecule has 0 amide bonds. The second kappa shape index (κ2) is 5.30. The van der Waals surface area contributed by atoms with E-state index in [1.807, 2.05) is 6.92 Å². The van der Waals surface area contributed by atoms with Gasteiger partial charge in [-0.1, -0.05) is 13.3 Å². The van der Waals surface area contributed by atoms with Crippen molar-refractivity contribution in [1.82, 2.24) is 9.55 Å². The van der Waals surface area contributed by atoms with E-state index in [1.165, 1.54) is 4.57 Å². The molecular formula is C14H19N3O2. The van der Waals surface area contributed by atoms with Crippen LogP contribution in [0.5, 0.6) is 0 Å². The molecule has 5 heteroatoms. The van der Waals surface area contributed by atoms with Gasteiger partial charge in [0.1, 0.15) is 5.82 Å². The Kier molecular flexibility index (Phi) is 3.74. The number of hydrogen-bond donors (Lipinski definition) is 1. The van der Waals surface area contributed by atoms with E-state index in [2.05, 4.69) is 11.9 Å². The molecule has 0 saturated carbocycles. The van der Waals surface area contributed by atoms with E-state index in [4.69, 9.17) is 10.5 Å². The quantitative estimate of drug-likeness (QED) is 0.681. The van der Waals surface area contributed by atoms with Gasteiger partial charge < -0.3 is 10.5 Å². The normalized spacial score (nSPS) is 10.9. The average Bonchev–Trinajstić information content (AvgIpc) is 2.71. The van der Waals surface area contributed by atoms with Crippen molar-refractivity contribution >= 4 is 22.8 Å². The van der Waals surface area contributed by atoms with Gasteiger partial charge >= 0.3 is 6.09 Å². The van der Waals surface area contributed by atoms with E-state index in [-0.39, 0.29) is 6.09 Å². The number of aryl methyl sites for hydroxylation is 2. The Morgan fingerprint density at radius 1 is 1.42 bits per heavy atom. The van der Waals surface area contributed by atoms with Crippen molar-refractivity contribution in [2.45, 2.75) is 33.6 Å².